The Kier molecular flexibility index (Phi) is 7.24. The molecule has 0 fully saturated rings. The molecule has 2 N–H and O–H groups in total. The lowest BCUT2D eigenvalue weighted by Crippen LogP contribution is -2.19. The Morgan fingerprint density at radius 2 is 1.97 bits per heavy atom. The summed E-state index contributed by atoms with van der Waals surface area (Å²) in [6.07, 6.45) is 4.80. The van der Waals surface area contributed by atoms with Gasteiger partial charge in [-0.15, -0.1) is 5.10 Å². The zero-order valence-electron chi connectivity index (χ0n) is 22.0. The molecule has 4 aromatic rings. The molecule has 3 heterocycles. The van der Waals surface area contributed by atoms with Gasteiger partial charge in [0.1, 0.15) is 17.4 Å². The van der Waals surface area contributed by atoms with Gasteiger partial charge in [-0.1, -0.05) is 36.4 Å². The van der Waals surface area contributed by atoms with Crippen LogP contribution in [0.5, 0.6) is 5.75 Å². The highest BCUT2D eigenvalue weighted by molar-refractivity contribution is 6.01. The predicted octanol–water partition coefficient (Wildman–Crippen LogP) is 5.37. The maximum atomic E-state index is 13.0. The van der Waals surface area contributed by atoms with Crippen LogP contribution in [-0.4, -0.2) is 43.0 Å². The molecule has 38 heavy (non-hydrogen) atoms. The number of hydrogen-bond acceptors (Lipinski definition) is 6. The van der Waals surface area contributed by atoms with Crippen LogP contribution in [0.2, 0.25) is 0 Å². The molecule has 0 bridgehead atoms. The molecule has 1 aliphatic rings. The van der Waals surface area contributed by atoms with Gasteiger partial charge in [-0.25, -0.2) is 14.6 Å². The van der Waals surface area contributed by atoms with Gasteiger partial charge in [0, 0.05) is 12.6 Å². The highest BCUT2D eigenvalue weighted by Gasteiger charge is 2.28. The number of carbonyl (C=O) groups excluding carboxylic acids is 1. The number of benzene rings is 2. The minimum absolute atomic E-state index is 0.0919. The molecule has 1 aliphatic heterocycles. The molecular formula is C30H33N5O3. The van der Waals surface area contributed by atoms with Gasteiger partial charge in [0.15, 0.2) is 0 Å². The number of nitrogens with one attached hydrogen (secondary N) is 1. The van der Waals surface area contributed by atoms with Gasteiger partial charge in [0.05, 0.1) is 18.2 Å². The number of aromatic nitrogens is 4. The van der Waals surface area contributed by atoms with Gasteiger partial charge in [-0.05, 0) is 86.6 Å². The molecule has 0 unspecified atom stereocenters. The summed E-state index contributed by atoms with van der Waals surface area (Å²) in [4.78, 5) is 21.9. The fourth-order valence-electron chi connectivity index (χ4n) is 4.78. The number of ether oxygens (including phenoxy) is 1. The molecule has 5 rings (SSSR count). The summed E-state index contributed by atoms with van der Waals surface area (Å²) in [5.74, 6) is 1.77. The first-order valence-electron chi connectivity index (χ1n) is 13.0. The first-order chi connectivity index (χ1) is 18.3. The predicted molar refractivity (Wildman–Crippen MR) is 146 cm³/mol. The van der Waals surface area contributed by atoms with Crippen molar-refractivity contribution in [2.45, 2.75) is 58.1 Å². The van der Waals surface area contributed by atoms with E-state index in [-0.39, 0.29) is 17.8 Å². The van der Waals surface area contributed by atoms with Crippen molar-refractivity contribution in [1.29, 1.82) is 0 Å². The van der Waals surface area contributed by atoms with Crippen molar-refractivity contribution >= 4 is 11.7 Å². The van der Waals surface area contributed by atoms with Crippen molar-refractivity contribution in [2.75, 3.05) is 11.9 Å². The van der Waals surface area contributed by atoms with Gasteiger partial charge in [0.2, 0.25) is 5.82 Å². The van der Waals surface area contributed by atoms with Gasteiger partial charge >= 0.3 is 0 Å². The lowest BCUT2D eigenvalue weighted by molar-refractivity contribution is 0.0641. The average Bonchev–Trinajstić information content (AvgIpc) is 3.49. The van der Waals surface area contributed by atoms with E-state index in [9.17, 15) is 9.90 Å². The number of fused-ring (bicyclic) bond motifs is 1. The second-order valence-electron chi connectivity index (χ2n) is 10.4. The molecular weight excluding hydrogens is 478 g/mol. The second-order valence-corrected chi connectivity index (χ2v) is 10.4. The zero-order chi connectivity index (χ0) is 26.7. The first kappa shape index (κ1) is 25.6. The largest absolute Gasteiger partial charge is 0.494 e. The number of carbonyl (C=O) groups is 1. The number of hydrogen-bond donors (Lipinski definition) is 2. The van der Waals surface area contributed by atoms with E-state index in [1.807, 2.05) is 60.1 Å². The van der Waals surface area contributed by atoms with E-state index in [2.05, 4.69) is 32.5 Å². The summed E-state index contributed by atoms with van der Waals surface area (Å²) < 4.78 is 7.79. The molecule has 0 saturated carbocycles. The minimum atomic E-state index is -0.699. The van der Waals surface area contributed by atoms with Gasteiger partial charge < -0.3 is 15.2 Å². The maximum absolute atomic E-state index is 13.0. The molecule has 2 aromatic carbocycles. The van der Waals surface area contributed by atoms with Crippen molar-refractivity contribution in [3.63, 3.8) is 0 Å². The smallest absolute Gasteiger partial charge is 0.296 e. The first-order valence-corrected chi connectivity index (χ1v) is 13.0. The Morgan fingerprint density at radius 3 is 2.76 bits per heavy atom. The van der Waals surface area contributed by atoms with Crippen molar-refractivity contribution in [3.8, 4) is 16.9 Å². The summed E-state index contributed by atoms with van der Waals surface area (Å²) in [5.41, 5.74) is 3.45. The van der Waals surface area contributed by atoms with E-state index in [1.54, 1.807) is 20.0 Å². The van der Waals surface area contributed by atoms with Gasteiger partial charge in [-0.2, -0.15) is 0 Å². The number of rotatable bonds is 9. The number of amides is 1. The van der Waals surface area contributed by atoms with Crippen molar-refractivity contribution in [1.82, 2.24) is 19.7 Å². The van der Waals surface area contributed by atoms with Crippen LogP contribution in [0.4, 0.5) is 5.82 Å². The number of anilines is 1. The molecule has 0 spiro atoms. The fourth-order valence-corrected chi connectivity index (χ4v) is 4.78. The summed E-state index contributed by atoms with van der Waals surface area (Å²) in [6.45, 7) is 6.16. The van der Waals surface area contributed by atoms with Gasteiger partial charge in [-0.3, -0.25) is 4.79 Å². The molecule has 2 aromatic heterocycles. The van der Waals surface area contributed by atoms with Crippen molar-refractivity contribution in [2.24, 2.45) is 0 Å². The van der Waals surface area contributed by atoms with Crippen LogP contribution < -0.4 is 10.1 Å². The third-order valence-electron chi connectivity index (χ3n) is 6.75. The molecule has 0 saturated heterocycles. The van der Waals surface area contributed by atoms with E-state index in [4.69, 9.17) is 4.74 Å². The number of nitrogens with zero attached hydrogens (tertiary/aromatic N) is 4. The van der Waals surface area contributed by atoms with E-state index >= 15 is 0 Å². The van der Waals surface area contributed by atoms with Crippen molar-refractivity contribution < 1.29 is 14.6 Å². The van der Waals surface area contributed by atoms with Crippen LogP contribution in [-0.2, 0) is 6.42 Å². The average molecular weight is 512 g/mol. The SMILES string of the molecule is Cc1ccc(OCCCC(C)(C)O)cc1-c1ccnc(NC(=O)c2nc3n(n2)[C@H](c2ccccc2)CC3)c1. The quantitative estimate of drug-likeness (QED) is 0.293. The van der Waals surface area contributed by atoms with Gasteiger partial charge in [0.25, 0.3) is 5.91 Å². The van der Waals surface area contributed by atoms with Crippen LogP contribution in [0.1, 0.15) is 66.7 Å². The normalized spacial score (nSPS) is 14.8. The number of aryl methyl sites for hydroxylation is 2. The van der Waals surface area contributed by atoms with Crippen LogP contribution in [0, 0.1) is 6.92 Å². The molecule has 8 nitrogen and oxygen atoms in total. The molecule has 8 heteroatoms. The fraction of sp³-hybridized carbons (Fsp3) is 0.333. The third-order valence-corrected chi connectivity index (χ3v) is 6.75. The molecule has 0 radical (unpaired) electrons. The van der Waals surface area contributed by atoms with E-state index in [1.165, 1.54) is 0 Å². The van der Waals surface area contributed by atoms with Crippen LogP contribution in [0.15, 0.2) is 66.9 Å². The number of aliphatic hydroxyl groups is 1. The number of pyridine rings is 1. The Bertz CT molecular complexity index is 1430. The van der Waals surface area contributed by atoms with Crippen LogP contribution >= 0.6 is 0 Å². The third kappa shape index (κ3) is 5.92. The van der Waals surface area contributed by atoms with E-state index < -0.39 is 5.60 Å². The Morgan fingerprint density at radius 1 is 1.16 bits per heavy atom. The van der Waals surface area contributed by atoms with Crippen molar-refractivity contribution in [3.05, 3.63) is 89.6 Å². The second kappa shape index (κ2) is 10.8. The highest BCUT2D eigenvalue weighted by Crippen LogP contribution is 2.31. The standard InChI is InChI=1S/C30H33N5O3/c1-20-10-11-23(38-17-7-15-30(2,3)37)19-24(20)22-14-16-31-26(18-22)32-29(36)28-33-27-13-12-25(35(27)34-28)21-8-5-4-6-9-21/h4-6,8-11,14,16,18-19,25,37H,7,12-13,15,17H2,1-3H3,(H,31,32,36)/t25-/m0/s1. The minimum Gasteiger partial charge on any atom is -0.494 e. The Labute approximate surface area is 222 Å². The molecule has 0 aliphatic carbocycles. The topological polar surface area (TPSA) is 102 Å². The van der Waals surface area contributed by atoms with Crippen LogP contribution in [0.25, 0.3) is 11.1 Å². The highest BCUT2D eigenvalue weighted by atomic mass is 16.5. The summed E-state index contributed by atoms with van der Waals surface area (Å²) >= 11 is 0. The molecule has 196 valence electrons. The Balaban J connectivity index is 1.28. The lowest BCUT2D eigenvalue weighted by atomic mass is 10.0. The van der Waals surface area contributed by atoms with E-state index in [0.29, 0.717) is 18.8 Å². The zero-order valence-corrected chi connectivity index (χ0v) is 22.0. The molecule has 1 amide bonds. The summed E-state index contributed by atoms with van der Waals surface area (Å²) in [5, 5.41) is 17.3. The van der Waals surface area contributed by atoms with E-state index in [0.717, 1.165) is 53.1 Å². The maximum Gasteiger partial charge on any atom is 0.296 e. The van der Waals surface area contributed by atoms with Crippen LogP contribution in [0.3, 0.4) is 0 Å². The lowest BCUT2D eigenvalue weighted by Gasteiger charge is -2.17. The Hall–Kier alpha value is -4.04. The monoisotopic (exact) mass is 511 g/mol. The molecule has 1 atom stereocenters. The summed E-state index contributed by atoms with van der Waals surface area (Å²) in [7, 11) is 0. The summed E-state index contributed by atoms with van der Waals surface area (Å²) in [6, 6.07) is 20.0.